The second kappa shape index (κ2) is 5.91. The Labute approximate surface area is 114 Å². The summed E-state index contributed by atoms with van der Waals surface area (Å²) in [5.74, 6) is -1.33. The number of rotatable bonds is 5. The van der Waals surface area contributed by atoms with Gasteiger partial charge in [-0.15, -0.1) is 5.10 Å². The highest BCUT2D eigenvalue weighted by Gasteiger charge is 2.20. The van der Waals surface area contributed by atoms with Gasteiger partial charge in [0.2, 0.25) is 5.91 Å². The Morgan fingerprint density at radius 2 is 2.25 bits per heavy atom. The zero-order chi connectivity index (χ0) is 14.5. The van der Waals surface area contributed by atoms with E-state index in [0.29, 0.717) is 11.3 Å². The number of nitrogens with zero attached hydrogens (tertiary/aromatic N) is 4. The number of aryl methyl sites for hydroxylation is 1. The predicted molar refractivity (Wildman–Crippen MR) is 68.9 cm³/mol. The molecule has 0 saturated heterocycles. The fraction of sp³-hybridized carbons (Fsp3) is 0.250. The van der Waals surface area contributed by atoms with Crippen LogP contribution in [0.5, 0.6) is 0 Å². The lowest BCUT2D eigenvalue weighted by Gasteiger charge is -2.06. The zero-order valence-electron chi connectivity index (χ0n) is 10.8. The van der Waals surface area contributed by atoms with Crippen LogP contribution in [0.15, 0.2) is 24.5 Å². The molecule has 2 aromatic heterocycles. The van der Waals surface area contributed by atoms with Crippen LogP contribution in [0.4, 0.5) is 0 Å². The molecule has 0 bridgehead atoms. The van der Waals surface area contributed by atoms with Crippen LogP contribution < -0.4 is 5.32 Å². The van der Waals surface area contributed by atoms with Gasteiger partial charge < -0.3 is 10.4 Å². The number of carbonyl (C=O) groups excluding carboxylic acids is 1. The van der Waals surface area contributed by atoms with Gasteiger partial charge in [0.1, 0.15) is 5.69 Å². The minimum atomic E-state index is -1.17. The highest BCUT2D eigenvalue weighted by Crippen LogP contribution is 2.21. The number of carboxylic acid groups (broad SMARTS) is 1. The Hall–Kier alpha value is -2.77. The summed E-state index contributed by atoms with van der Waals surface area (Å²) in [6.45, 7) is 0.240. The van der Waals surface area contributed by atoms with Crippen molar-refractivity contribution in [3.8, 4) is 11.3 Å². The van der Waals surface area contributed by atoms with E-state index in [1.807, 2.05) is 0 Å². The molecular weight excluding hydrogens is 262 g/mol. The summed E-state index contributed by atoms with van der Waals surface area (Å²) in [6, 6.07) is 3.41. The third-order valence-electron chi connectivity index (χ3n) is 2.70. The average molecular weight is 275 g/mol. The largest absolute Gasteiger partial charge is 0.476 e. The smallest absolute Gasteiger partial charge is 0.358 e. The molecule has 0 radical (unpaired) electrons. The van der Waals surface area contributed by atoms with Crippen molar-refractivity contribution in [2.24, 2.45) is 0 Å². The van der Waals surface area contributed by atoms with Crippen LogP contribution in [-0.2, 0) is 11.3 Å². The molecule has 8 heteroatoms. The first-order chi connectivity index (χ1) is 9.63. The highest BCUT2D eigenvalue weighted by atomic mass is 16.4. The van der Waals surface area contributed by atoms with Gasteiger partial charge in [0, 0.05) is 31.4 Å². The average Bonchev–Trinajstić information content (AvgIpc) is 2.89. The molecule has 2 heterocycles. The molecule has 0 unspecified atom stereocenters. The van der Waals surface area contributed by atoms with Crippen LogP contribution in [0, 0.1) is 0 Å². The number of pyridine rings is 1. The van der Waals surface area contributed by atoms with Gasteiger partial charge >= 0.3 is 5.97 Å². The molecule has 0 aliphatic carbocycles. The Morgan fingerprint density at radius 3 is 2.85 bits per heavy atom. The molecule has 0 saturated carbocycles. The molecule has 0 aliphatic heterocycles. The predicted octanol–water partition coefficient (Wildman–Crippen LogP) is 0.174. The number of aromatic carboxylic acids is 1. The van der Waals surface area contributed by atoms with Gasteiger partial charge in [0.15, 0.2) is 5.69 Å². The molecule has 0 aromatic carbocycles. The van der Waals surface area contributed by atoms with Crippen LogP contribution in [0.1, 0.15) is 16.9 Å². The van der Waals surface area contributed by atoms with Crippen molar-refractivity contribution in [2.75, 3.05) is 7.05 Å². The van der Waals surface area contributed by atoms with Gasteiger partial charge in [-0.25, -0.2) is 9.48 Å². The first kappa shape index (κ1) is 13.7. The fourth-order valence-electron chi connectivity index (χ4n) is 1.73. The van der Waals surface area contributed by atoms with Gasteiger partial charge in [-0.1, -0.05) is 5.21 Å². The first-order valence-corrected chi connectivity index (χ1v) is 5.91. The molecule has 8 nitrogen and oxygen atoms in total. The van der Waals surface area contributed by atoms with Crippen molar-refractivity contribution < 1.29 is 14.7 Å². The van der Waals surface area contributed by atoms with Crippen molar-refractivity contribution in [3.05, 3.63) is 30.2 Å². The van der Waals surface area contributed by atoms with Crippen molar-refractivity contribution >= 4 is 11.9 Å². The molecule has 2 N–H and O–H groups in total. The van der Waals surface area contributed by atoms with Crippen molar-refractivity contribution in [1.82, 2.24) is 25.3 Å². The summed E-state index contributed by atoms with van der Waals surface area (Å²) < 4.78 is 1.40. The molecular formula is C12H13N5O3. The van der Waals surface area contributed by atoms with E-state index in [-0.39, 0.29) is 24.6 Å². The zero-order valence-corrected chi connectivity index (χ0v) is 10.8. The van der Waals surface area contributed by atoms with Crippen molar-refractivity contribution in [1.29, 1.82) is 0 Å². The van der Waals surface area contributed by atoms with E-state index in [1.165, 1.54) is 17.9 Å². The maximum absolute atomic E-state index is 11.3. The van der Waals surface area contributed by atoms with Gasteiger partial charge in [-0.2, -0.15) is 0 Å². The van der Waals surface area contributed by atoms with Crippen LogP contribution in [0.25, 0.3) is 11.3 Å². The van der Waals surface area contributed by atoms with E-state index in [4.69, 9.17) is 5.11 Å². The number of nitrogens with one attached hydrogen (secondary N) is 1. The van der Waals surface area contributed by atoms with Gasteiger partial charge in [0.25, 0.3) is 0 Å². The second-order valence-electron chi connectivity index (χ2n) is 3.98. The number of carbonyl (C=O) groups is 2. The molecule has 2 rings (SSSR count). The monoisotopic (exact) mass is 275 g/mol. The standard InChI is InChI=1S/C12H13N5O3/c1-13-9(18)4-6-17-11(8-3-2-5-14-7-8)10(12(19)20)15-16-17/h2-3,5,7H,4,6H2,1H3,(H,13,18)(H,19,20). The number of amides is 1. The highest BCUT2D eigenvalue weighted by molar-refractivity contribution is 5.92. The van der Waals surface area contributed by atoms with E-state index in [0.717, 1.165) is 0 Å². The van der Waals surface area contributed by atoms with Gasteiger partial charge in [0.05, 0.1) is 6.54 Å². The Balaban J connectivity index is 2.38. The number of aromatic nitrogens is 4. The van der Waals surface area contributed by atoms with E-state index in [9.17, 15) is 9.59 Å². The van der Waals surface area contributed by atoms with E-state index in [1.54, 1.807) is 18.3 Å². The Bertz CT molecular complexity index is 623. The molecule has 0 fully saturated rings. The summed E-state index contributed by atoms with van der Waals surface area (Å²) in [6.07, 6.45) is 3.30. The Morgan fingerprint density at radius 1 is 1.45 bits per heavy atom. The van der Waals surface area contributed by atoms with Crippen LogP contribution in [0.2, 0.25) is 0 Å². The number of carboxylic acids is 1. The maximum atomic E-state index is 11.3. The van der Waals surface area contributed by atoms with E-state index in [2.05, 4.69) is 20.6 Å². The molecule has 20 heavy (non-hydrogen) atoms. The summed E-state index contributed by atoms with van der Waals surface area (Å²) in [5, 5.41) is 19.1. The number of hydrogen-bond donors (Lipinski definition) is 2. The summed E-state index contributed by atoms with van der Waals surface area (Å²) in [7, 11) is 1.54. The normalized spacial score (nSPS) is 10.2. The lowest BCUT2D eigenvalue weighted by atomic mass is 10.1. The summed E-state index contributed by atoms with van der Waals surface area (Å²) in [5.41, 5.74) is 0.774. The van der Waals surface area contributed by atoms with E-state index >= 15 is 0 Å². The van der Waals surface area contributed by atoms with Crippen LogP contribution in [-0.4, -0.2) is 44.0 Å². The lowest BCUT2D eigenvalue weighted by Crippen LogP contribution is -2.20. The SMILES string of the molecule is CNC(=O)CCn1nnc(C(=O)O)c1-c1cccnc1. The molecule has 0 aliphatic rings. The van der Waals surface area contributed by atoms with Gasteiger partial charge in [-0.3, -0.25) is 9.78 Å². The topological polar surface area (TPSA) is 110 Å². The molecule has 0 spiro atoms. The van der Waals surface area contributed by atoms with Crippen LogP contribution >= 0.6 is 0 Å². The minimum absolute atomic E-state index is 0.157. The third-order valence-corrected chi connectivity index (χ3v) is 2.70. The lowest BCUT2D eigenvalue weighted by molar-refractivity contribution is -0.120. The molecule has 2 aromatic rings. The quantitative estimate of drug-likeness (QED) is 0.805. The third kappa shape index (κ3) is 2.79. The minimum Gasteiger partial charge on any atom is -0.476 e. The van der Waals surface area contributed by atoms with Gasteiger partial charge in [-0.05, 0) is 12.1 Å². The molecule has 0 atom stereocenters. The second-order valence-corrected chi connectivity index (χ2v) is 3.98. The summed E-state index contributed by atoms with van der Waals surface area (Å²) >= 11 is 0. The van der Waals surface area contributed by atoms with Crippen molar-refractivity contribution in [2.45, 2.75) is 13.0 Å². The number of hydrogen-bond acceptors (Lipinski definition) is 5. The molecule has 104 valence electrons. The first-order valence-electron chi connectivity index (χ1n) is 5.91. The maximum Gasteiger partial charge on any atom is 0.358 e. The van der Waals surface area contributed by atoms with E-state index < -0.39 is 5.97 Å². The van der Waals surface area contributed by atoms with Crippen LogP contribution in [0.3, 0.4) is 0 Å². The molecule has 1 amide bonds. The van der Waals surface area contributed by atoms with Crippen molar-refractivity contribution in [3.63, 3.8) is 0 Å². The summed E-state index contributed by atoms with van der Waals surface area (Å²) in [4.78, 5) is 26.4. The fourth-order valence-corrected chi connectivity index (χ4v) is 1.73. The Kier molecular flexibility index (Phi) is 4.04.